The van der Waals surface area contributed by atoms with E-state index < -0.39 is 12.5 Å². The molecule has 3 aromatic rings. The van der Waals surface area contributed by atoms with Gasteiger partial charge in [-0.15, -0.1) is 0 Å². The van der Waals surface area contributed by atoms with Crippen molar-refractivity contribution in [1.82, 2.24) is 24.8 Å². The van der Waals surface area contributed by atoms with Crippen LogP contribution in [0.3, 0.4) is 0 Å². The molecule has 37 heavy (non-hydrogen) atoms. The van der Waals surface area contributed by atoms with Gasteiger partial charge in [0.15, 0.2) is 5.82 Å². The molecule has 10 nitrogen and oxygen atoms in total. The summed E-state index contributed by atoms with van der Waals surface area (Å²) in [4.78, 5) is 27.3. The number of fused-ring (bicyclic) bond motifs is 1. The zero-order valence-corrected chi connectivity index (χ0v) is 20.6. The van der Waals surface area contributed by atoms with E-state index in [1.165, 1.54) is 4.57 Å². The fraction of sp³-hybridized carbons (Fsp3) is 0.520. The number of ether oxygens (including phenoxy) is 2. The number of carbonyl (C=O) groups is 1. The standard InChI is InChI=1S/C25H31F2N7O3/c1-15(28)24(35)29-16-6-8-17(9-7-16)37-21-14-20(31-25(32-21)33-10-12-36-13-11-33)34-19-5-3-2-4-18(19)30-23(34)22(26)27/h2-5,14-17,22H,6-13,28H2,1H3,(H,29,35)/t15-,16?,17?/m0/s1. The van der Waals surface area contributed by atoms with Crippen molar-refractivity contribution in [3.63, 3.8) is 0 Å². The first-order valence-electron chi connectivity index (χ1n) is 12.6. The van der Waals surface area contributed by atoms with Crippen LogP contribution in [0.1, 0.15) is 44.9 Å². The summed E-state index contributed by atoms with van der Waals surface area (Å²) < 4.78 is 41.2. The molecule has 1 aromatic carbocycles. The molecule has 2 aromatic heterocycles. The van der Waals surface area contributed by atoms with E-state index in [0.717, 1.165) is 12.8 Å². The molecule has 3 N–H and O–H groups in total. The van der Waals surface area contributed by atoms with E-state index in [-0.39, 0.29) is 29.7 Å². The Morgan fingerprint density at radius 1 is 1.14 bits per heavy atom. The normalized spacial score (nSPS) is 21.3. The number of hydrogen-bond donors (Lipinski definition) is 2. The van der Waals surface area contributed by atoms with Crippen molar-refractivity contribution in [2.75, 3.05) is 31.2 Å². The van der Waals surface area contributed by atoms with Gasteiger partial charge in [-0.05, 0) is 44.7 Å². The summed E-state index contributed by atoms with van der Waals surface area (Å²) in [7, 11) is 0. The lowest BCUT2D eigenvalue weighted by molar-refractivity contribution is -0.123. The molecule has 0 spiro atoms. The molecule has 1 aliphatic carbocycles. The number of halogens is 2. The van der Waals surface area contributed by atoms with Crippen molar-refractivity contribution in [1.29, 1.82) is 0 Å². The lowest BCUT2D eigenvalue weighted by atomic mass is 9.93. The molecule has 1 saturated carbocycles. The Morgan fingerprint density at radius 3 is 2.57 bits per heavy atom. The Bertz CT molecular complexity index is 1240. The third-order valence-corrected chi connectivity index (χ3v) is 6.70. The summed E-state index contributed by atoms with van der Waals surface area (Å²) >= 11 is 0. The molecule has 3 heterocycles. The minimum Gasteiger partial charge on any atom is -0.474 e. The van der Waals surface area contributed by atoms with Crippen LogP contribution in [0.25, 0.3) is 16.9 Å². The van der Waals surface area contributed by atoms with Crippen LogP contribution < -0.4 is 20.7 Å². The number of morpholine rings is 1. The number of para-hydroxylation sites is 2. The molecular formula is C25H31F2N7O3. The molecular weight excluding hydrogens is 484 g/mol. The van der Waals surface area contributed by atoms with Crippen LogP contribution in [0.5, 0.6) is 5.88 Å². The van der Waals surface area contributed by atoms with Gasteiger partial charge in [0.05, 0.1) is 30.3 Å². The Morgan fingerprint density at radius 2 is 1.86 bits per heavy atom. The molecule has 1 amide bonds. The van der Waals surface area contributed by atoms with Crippen LogP contribution in [-0.2, 0) is 9.53 Å². The monoisotopic (exact) mass is 515 g/mol. The molecule has 1 atom stereocenters. The van der Waals surface area contributed by atoms with Crippen molar-refractivity contribution < 1.29 is 23.0 Å². The third-order valence-electron chi connectivity index (χ3n) is 6.70. The van der Waals surface area contributed by atoms with Gasteiger partial charge in [0.1, 0.15) is 11.9 Å². The summed E-state index contributed by atoms with van der Waals surface area (Å²) in [5, 5.41) is 2.97. The quantitative estimate of drug-likeness (QED) is 0.493. The number of benzene rings is 1. The largest absolute Gasteiger partial charge is 0.474 e. The number of nitrogens with one attached hydrogen (secondary N) is 1. The van der Waals surface area contributed by atoms with Crippen molar-refractivity contribution in [2.24, 2.45) is 5.73 Å². The first-order valence-corrected chi connectivity index (χ1v) is 12.6. The summed E-state index contributed by atoms with van der Waals surface area (Å²) in [5.74, 6) is 0.430. The van der Waals surface area contributed by atoms with E-state index in [0.29, 0.717) is 62.0 Å². The molecule has 1 saturated heterocycles. The van der Waals surface area contributed by atoms with Gasteiger partial charge in [-0.1, -0.05) is 12.1 Å². The van der Waals surface area contributed by atoms with Gasteiger partial charge < -0.3 is 25.4 Å². The summed E-state index contributed by atoms with van der Waals surface area (Å²) in [6.45, 7) is 3.87. The number of carbonyl (C=O) groups excluding carboxylic acids is 1. The second kappa shape index (κ2) is 10.9. The molecule has 198 valence electrons. The van der Waals surface area contributed by atoms with Crippen molar-refractivity contribution in [3.8, 4) is 11.7 Å². The van der Waals surface area contributed by atoms with Gasteiger partial charge >= 0.3 is 0 Å². The summed E-state index contributed by atoms with van der Waals surface area (Å²) in [6, 6.07) is 8.06. The predicted octanol–water partition coefficient (Wildman–Crippen LogP) is 2.74. The number of imidazole rings is 1. The van der Waals surface area contributed by atoms with Crippen molar-refractivity contribution >= 4 is 22.9 Å². The van der Waals surface area contributed by atoms with E-state index in [1.807, 2.05) is 4.90 Å². The number of aromatic nitrogens is 4. The second-order valence-corrected chi connectivity index (χ2v) is 9.45. The Labute approximate surface area is 213 Å². The van der Waals surface area contributed by atoms with Crippen LogP contribution in [0.4, 0.5) is 14.7 Å². The smallest absolute Gasteiger partial charge is 0.296 e. The lowest BCUT2D eigenvalue weighted by Crippen LogP contribution is -2.46. The fourth-order valence-electron chi connectivity index (χ4n) is 4.74. The number of nitrogens with zero attached hydrogens (tertiary/aromatic N) is 5. The Balaban J connectivity index is 1.44. The molecule has 12 heteroatoms. The molecule has 2 aliphatic rings. The summed E-state index contributed by atoms with van der Waals surface area (Å²) in [5.41, 5.74) is 6.65. The average molecular weight is 516 g/mol. The van der Waals surface area contributed by atoms with E-state index in [1.54, 1.807) is 37.3 Å². The zero-order valence-electron chi connectivity index (χ0n) is 20.6. The topological polar surface area (TPSA) is 120 Å². The van der Waals surface area contributed by atoms with E-state index >= 15 is 0 Å². The fourth-order valence-corrected chi connectivity index (χ4v) is 4.74. The van der Waals surface area contributed by atoms with Gasteiger partial charge in [0.2, 0.25) is 17.7 Å². The van der Waals surface area contributed by atoms with Crippen LogP contribution >= 0.6 is 0 Å². The Hall–Kier alpha value is -3.38. The van der Waals surface area contributed by atoms with Gasteiger partial charge in [0, 0.05) is 25.2 Å². The van der Waals surface area contributed by atoms with Crippen LogP contribution in [0, 0.1) is 0 Å². The average Bonchev–Trinajstić information content (AvgIpc) is 3.30. The maximum Gasteiger partial charge on any atom is 0.296 e. The third kappa shape index (κ3) is 5.64. The number of nitrogens with two attached hydrogens (primary N) is 1. The van der Waals surface area contributed by atoms with Crippen LogP contribution in [0.2, 0.25) is 0 Å². The number of amides is 1. The van der Waals surface area contributed by atoms with Crippen molar-refractivity contribution in [3.05, 3.63) is 36.2 Å². The number of alkyl halides is 2. The van der Waals surface area contributed by atoms with Crippen LogP contribution in [0.15, 0.2) is 30.3 Å². The maximum absolute atomic E-state index is 14.0. The molecule has 2 fully saturated rings. The maximum atomic E-state index is 14.0. The van der Waals surface area contributed by atoms with Gasteiger partial charge in [0.25, 0.3) is 6.43 Å². The second-order valence-electron chi connectivity index (χ2n) is 9.45. The molecule has 0 bridgehead atoms. The number of anilines is 1. The number of rotatable bonds is 7. The van der Waals surface area contributed by atoms with E-state index in [9.17, 15) is 13.6 Å². The highest BCUT2D eigenvalue weighted by atomic mass is 19.3. The van der Waals surface area contributed by atoms with Crippen molar-refractivity contribution in [2.45, 2.75) is 57.2 Å². The van der Waals surface area contributed by atoms with Crippen LogP contribution in [-0.4, -0.2) is 69.9 Å². The predicted molar refractivity (Wildman–Crippen MR) is 133 cm³/mol. The highest BCUT2D eigenvalue weighted by Gasteiger charge is 2.27. The SMILES string of the molecule is C[C@H](N)C(=O)NC1CCC(Oc2cc(-n3c(C(F)F)nc4ccccc43)nc(N3CCOCC3)n2)CC1. The molecule has 5 rings (SSSR count). The molecule has 1 aliphatic heterocycles. The molecule has 0 unspecified atom stereocenters. The van der Waals surface area contributed by atoms with Gasteiger partial charge in [-0.3, -0.25) is 9.36 Å². The highest BCUT2D eigenvalue weighted by Crippen LogP contribution is 2.31. The minimum atomic E-state index is -2.79. The zero-order chi connectivity index (χ0) is 25.9. The van der Waals surface area contributed by atoms with E-state index in [2.05, 4.69) is 20.3 Å². The van der Waals surface area contributed by atoms with Gasteiger partial charge in [-0.25, -0.2) is 13.8 Å². The highest BCUT2D eigenvalue weighted by molar-refractivity contribution is 5.81. The molecule has 0 radical (unpaired) electrons. The number of hydrogen-bond acceptors (Lipinski definition) is 8. The Kier molecular flexibility index (Phi) is 7.47. The first kappa shape index (κ1) is 25.3. The lowest BCUT2D eigenvalue weighted by Gasteiger charge is -2.30. The first-order chi connectivity index (χ1) is 17.9. The van der Waals surface area contributed by atoms with E-state index in [4.69, 9.17) is 15.2 Å². The minimum absolute atomic E-state index is 0.0501. The summed E-state index contributed by atoms with van der Waals surface area (Å²) in [6.07, 6.45) is 0.00917. The van der Waals surface area contributed by atoms with Gasteiger partial charge in [-0.2, -0.15) is 9.97 Å².